The van der Waals surface area contributed by atoms with E-state index in [-0.39, 0.29) is 15.9 Å². The van der Waals surface area contributed by atoms with Crippen molar-refractivity contribution in [3.63, 3.8) is 0 Å². The Morgan fingerprint density at radius 3 is 2.71 bits per heavy atom. The second-order valence-corrected chi connectivity index (χ2v) is 9.28. The third-order valence-corrected chi connectivity index (χ3v) is 7.33. The van der Waals surface area contributed by atoms with Crippen LogP contribution in [-0.4, -0.2) is 19.4 Å². The van der Waals surface area contributed by atoms with E-state index in [1.807, 2.05) is 18.2 Å². The van der Waals surface area contributed by atoms with Gasteiger partial charge < -0.3 is 5.73 Å². The number of anilines is 1. The summed E-state index contributed by atoms with van der Waals surface area (Å²) in [6.07, 6.45) is 0.788. The van der Waals surface area contributed by atoms with Crippen LogP contribution in [0, 0.1) is 0 Å². The summed E-state index contributed by atoms with van der Waals surface area (Å²) in [5, 5.41) is 0.0513. The number of benzene rings is 2. The first kappa shape index (κ1) is 14.9. The summed E-state index contributed by atoms with van der Waals surface area (Å²) < 4.78 is 25.9. The van der Waals surface area contributed by atoms with E-state index in [0.717, 1.165) is 10.9 Å². The number of hydrogen-bond donors (Lipinski definition) is 1. The highest BCUT2D eigenvalue weighted by atomic mass is 79.9. The summed E-state index contributed by atoms with van der Waals surface area (Å²) in [4.78, 5) is 1.41. The van der Waals surface area contributed by atoms with E-state index < -0.39 is 9.84 Å². The first-order valence-corrected chi connectivity index (χ1v) is 9.80. The molecule has 3 nitrogen and oxygen atoms in total. The fourth-order valence-corrected chi connectivity index (χ4v) is 6.23. The first-order chi connectivity index (χ1) is 9.95. The van der Waals surface area contributed by atoms with Crippen molar-refractivity contribution in [2.24, 2.45) is 0 Å². The molecule has 0 fully saturated rings. The topological polar surface area (TPSA) is 60.2 Å². The molecule has 0 saturated heterocycles. The highest BCUT2D eigenvalue weighted by Gasteiger charge is 2.28. The fourth-order valence-electron chi connectivity index (χ4n) is 2.48. The van der Waals surface area contributed by atoms with Gasteiger partial charge in [-0.25, -0.2) is 8.42 Å². The molecule has 2 N–H and O–H groups in total. The molecule has 2 aromatic rings. The van der Waals surface area contributed by atoms with Crippen molar-refractivity contribution >= 4 is 43.2 Å². The van der Waals surface area contributed by atoms with Crippen LogP contribution in [0.3, 0.4) is 0 Å². The fraction of sp³-hybridized carbons (Fsp3) is 0.200. The van der Waals surface area contributed by atoms with E-state index in [4.69, 9.17) is 5.73 Å². The van der Waals surface area contributed by atoms with E-state index in [1.54, 1.807) is 30.0 Å². The van der Waals surface area contributed by atoms with Gasteiger partial charge in [-0.3, -0.25) is 0 Å². The lowest BCUT2D eigenvalue weighted by Gasteiger charge is -2.11. The predicted octanol–water partition coefficient (Wildman–Crippen LogP) is 3.52. The van der Waals surface area contributed by atoms with Crippen molar-refractivity contribution < 1.29 is 8.42 Å². The van der Waals surface area contributed by atoms with Crippen LogP contribution in [-0.2, 0) is 16.3 Å². The van der Waals surface area contributed by atoms with E-state index in [0.29, 0.717) is 5.69 Å². The van der Waals surface area contributed by atoms with Crippen LogP contribution >= 0.6 is 27.7 Å². The van der Waals surface area contributed by atoms with Crippen molar-refractivity contribution in [1.82, 2.24) is 0 Å². The molecule has 21 heavy (non-hydrogen) atoms. The van der Waals surface area contributed by atoms with Crippen molar-refractivity contribution in [3.8, 4) is 0 Å². The van der Waals surface area contributed by atoms with E-state index in [2.05, 4.69) is 22.0 Å². The lowest BCUT2D eigenvalue weighted by Crippen LogP contribution is -2.19. The molecule has 0 spiro atoms. The number of fused-ring (bicyclic) bond motifs is 1. The maximum Gasteiger partial charge on any atom is 0.181 e. The number of nitrogen functional groups attached to an aromatic ring is 1. The minimum atomic E-state index is -3.38. The number of nitrogens with two attached hydrogens (primary N) is 1. The SMILES string of the molecule is Nc1cc(Br)ccc1S(=O)(=O)CC1Cc2ccccc2S1. The molecule has 1 aliphatic heterocycles. The zero-order valence-corrected chi connectivity index (χ0v) is 14.3. The van der Waals surface area contributed by atoms with Crippen LogP contribution in [0.25, 0.3) is 0 Å². The average Bonchev–Trinajstić information content (AvgIpc) is 2.79. The molecule has 1 aliphatic rings. The molecule has 2 aromatic carbocycles. The van der Waals surface area contributed by atoms with Gasteiger partial charge in [0.1, 0.15) is 0 Å². The van der Waals surface area contributed by atoms with Crippen LogP contribution in [0.15, 0.2) is 56.7 Å². The summed E-state index contributed by atoms with van der Waals surface area (Å²) in [5.74, 6) is 0.109. The third kappa shape index (κ3) is 3.12. The molecule has 1 unspecified atom stereocenters. The molecular formula is C15H14BrNO2S2. The van der Waals surface area contributed by atoms with Gasteiger partial charge in [0, 0.05) is 14.6 Å². The Balaban J connectivity index is 1.82. The monoisotopic (exact) mass is 383 g/mol. The molecule has 0 amide bonds. The smallest absolute Gasteiger partial charge is 0.181 e. The maximum atomic E-state index is 12.6. The summed E-state index contributed by atoms with van der Waals surface area (Å²) in [6, 6.07) is 13.0. The van der Waals surface area contributed by atoms with Gasteiger partial charge in [0.2, 0.25) is 0 Å². The predicted molar refractivity (Wildman–Crippen MR) is 90.4 cm³/mol. The molecule has 0 saturated carbocycles. The third-order valence-electron chi connectivity index (χ3n) is 3.43. The second-order valence-electron chi connectivity index (χ2n) is 5.02. The van der Waals surface area contributed by atoms with Crippen molar-refractivity contribution in [2.75, 3.05) is 11.5 Å². The van der Waals surface area contributed by atoms with Gasteiger partial charge in [0.25, 0.3) is 0 Å². The lowest BCUT2D eigenvalue weighted by atomic mass is 10.1. The Kier molecular flexibility index (Phi) is 4.03. The Hall–Kier alpha value is -0.980. The molecule has 1 heterocycles. The van der Waals surface area contributed by atoms with Gasteiger partial charge in [-0.1, -0.05) is 34.1 Å². The largest absolute Gasteiger partial charge is 0.398 e. The Bertz CT molecular complexity index is 765. The number of thioether (sulfide) groups is 1. The van der Waals surface area contributed by atoms with Gasteiger partial charge >= 0.3 is 0 Å². The highest BCUT2D eigenvalue weighted by Crippen LogP contribution is 2.38. The van der Waals surface area contributed by atoms with Crippen molar-refractivity contribution in [3.05, 3.63) is 52.5 Å². The van der Waals surface area contributed by atoms with Crippen LogP contribution in [0.1, 0.15) is 5.56 Å². The van der Waals surface area contributed by atoms with Crippen LogP contribution in [0.4, 0.5) is 5.69 Å². The molecule has 0 radical (unpaired) electrons. The van der Waals surface area contributed by atoms with Crippen LogP contribution in [0.5, 0.6) is 0 Å². The average molecular weight is 384 g/mol. The molecular weight excluding hydrogens is 370 g/mol. The minimum absolute atomic E-state index is 0.0513. The summed E-state index contributed by atoms with van der Waals surface area (Å²) in [6.45, 7) is 0. The number of sulfone groups is 1. The van der Waals surface area contributed by atoms with E-state index in [9.17, 15) is 8.42 Å². The van der Waals surface area contributed by atoms with Crippen molar-refractivity contribution in [1.29, 1.82) is 0 Å². The molecule has 110 valence electrons. The van der Waals surface area contributed by atoms with Gasteiger partial charge in [-0.05, 0) is 36.2 Å². The summed E-state index contributed by atoms with van der Waals surface area (Å²) in [5.41, 5.74) is 7.37. The minimum Gasteiger partial charge on any atom is -0.398 e. The first-order valence-electron chi connectivity index (χ1n) is 6.48. The lowest BCUT2D eigenvalue weighted by molar-refractivity contribution is 0.594. The summed E-state index contributed by atoms with van der Waals surface area (Å²) in [7, 11) is -3.38. The van der Waals surface area contributed by atoms with Gasteiger partial charge in [-0.15, -0.1) is 11.8 Å². The Labute approximate surface area is 137 Å². The Morgan fingerprint density at radius 2 is 2.00 bits per heavy atom. The Morgan fingerprint density at radius 1 is 1.24 bits per heavy atom. The quantitative estimate of drug-likeness (QED) is 0.823. The second kappa shape index (κ2) is 5.66. The molecule has 6 heteroatoms. The normalized spacial score (nSPS) is 17.7. The maximum absolute atomic E-state index is 12.6. The number of hydrogen-bond acceptors (Lipinski definition) is 4. The molecule has 0 bridgehead atoms. The standard InChI is InChI=1S/C15H14BrNO2S2/c16-11-5-6-15(13(17)8-11)21(18,19)9-12-7-10-3-1-2-4-14(10)20-12/h1-6,8,12H,7,9,17H2. The van der Waals surface area contributed by atoms with E-state index >= 15 is 0 Å². The zero-order valence-electron chi connectivity index (χ0n) is 11.1. The molecule has 3 rings (SSSR count). The zero-order chi connectivity index (χ0) is 15.0. The molecule has 0 aromatic heterocycles. The van der Waals surface area contributed by atoms with Gasteiger partial charge in [0.05, 0.1) is 16.3 Å². The van der Waals surface area contributed by atoms with Crippen molar-refractivity contribution in [2.45, 2.75) is 21.5 Å². The highest BCUT2D eigenvalue weighted by molar-refractivity contribution is 9.10. The van der Waals surface area contributed by atoms with E-state index in [1.165, 1.54) is 10.5 Å². The van der Waals surface area contributed by atoms with Gasteiger partial charge in [-0.2, -0.15) is 0 Å². The number of rotatable bonds is 3. The number of halogens is 1. The molecule has 0 aliphatic carbocycles. The molecule has 1 atom stereocenters. The summed E-state index contributed by atoms with van der Waals surface area (Å²) >= 11 is 4.93. The van der Waals surface area contributed by atoms with Crippen LogP contribution in [0.2, 0.25) is 0 Å². The van der Waals surface area contributed by atoms with Gasteiger partial charge in [0.15, 0.2) is 9.84 Å². The van der Waals surface area contributed by atoms with Crippen LogP contribution < -0.4 is 5.73 Å².